The summed E-state index contributed by atoms with van der Waals surface area (Å²) in [6.45, 7) is 2.12. The van der Waals surface area contributed by atoms with Crippen molar-refractivity contribution in [1.29, 1.82) is 0 Å². The van der Waals surface area contributed by atoms with Crippen LogP contribution in [0.15, 0.2) is 47.5 Å². The summed E-state index contributed by atoms with van der Waals surface area (Å²) in [6, 6.07) is 10.9. The number of methoxy groups -OCH3 is 1. The van der Waals surface area contributed by atoms with Crippen LogP contribution in [0, 0.1) is 0 Å². The van der Waals surface area contributed by atoms with Crippen molar-refractivity contribution in [2.24, 2.45) is 0 Å². The van der Waals surface area contributed by atoms with Crippen LogP contribution >= 0.6 is 0 Å². The van der Waals surface area contributed by atoms with E-state index in [1.807, 2.05) is 24.3 Å². The molecule has 0 saturated carbocycles. The number of nitrogens with one attached hydrogen (secondary N) is 1. The van der Waals surface area contributed by atoms with Gasteiger partial charge < -0.3 is 14.8 Å². The molecule has 0 atom stereocenters. The molecular weight excluding hydrogens is 342 g/mol. The van der Waals surface area contributed by atoms with Gasteiger partial charge in [-0.1, -0.05) is 18.2 Å². The first-order valence-corrected chi connectivity index (χ1v) is 9.45. The lowest BCUT2D eigenvalue weighted by Crippen LogP contribution is -2.40. The number of aromatic nitrogens is 1. The topological polar surface area (TPSA) is 80.8 Å². The number of sulfonamides is 1. The quantitative estimate of drug-likeness (QED) is 0.842. The number of morpholine rings is 1. The molecule has 7 nitrogen and oxygen atoms in total. The van der Waals surface area contributed by atoms with E-state index in [-0.39, 0.29) is 4.90 Å². The van der Waals surface area contributed by atoms with Crippen molar-refractivity contribution in [3.63, 3.8) is 0 Å². The highest BCUT2D eigenvalue weighted by atomic mass is 32.2. The van der Waals surface area contributed by atoms with Crippen LogP contribution in [0.3, 0.4) is 0 Å². The summed E-state index contributed by atoms with van der Waals surface area (Å²) in [5.41, 5.74) is 0.997. The van der Waals surface area contributed by atoms with Crippen molar-refractivity contribution in [1.82, 2.24) is 9.29 Å². The first-order valence-electron chi connectivity index (χ1n) is 8.01. The van der Waals surface area contributed by atoms with Crippen LogP contribution in [0.2, 0.25) is 0 Å². The zero-order chi connectivity index (χ0) is 17.7. The lowest BCUT2D eigenvalue weighted by atomic mass is 10.2. The normalized spacial score (nSPS) is 15.7. The molecule has 0 unspecified atom stereocenters. The number of hydrogen-bond acceptors (Lipinski definition) is 6. The molecule has 2 heterocycles. The average molecular weight is 363 g/mol. The van der Waals surface area contributed by atoms with Crippen molar-refractivity contribution in [3.8, 4) is 5.75 Å². The molecular formula is C17H21N3O4S. The number of para-hydroxylation sites is 1. The largest absolute Gasteiger partial charge is 0.496 e. The summed E-state index contributed by atoms with van der Waals surface area (Å²) in [5.74, 6) is 1.40. The first kappa shape index (κ1) is 17.7. The number of nitrogens with zero attached hydrogens (tertiary/aromatic N) is 2. The molecule has 1 fully saturated rings. The standard InChI is InChI=1S/C17H21N3O4S/c1-23-16-5-3-2-4-14(16)12-18-17-7-6-15(13-19-17)25(21,22)20-8-10-24-11-9-20/h2-7,13H,8-12H2,1H3,(H,18,19). The molecule has 1 aliphatic rings. The predicted molar refractivity (Wildman–Crippen MR) is 94.1 cm³/mol. The zero-order valence-corrected chi connectivity index (χ0v) is 14.8. The second-order valence-electron chi connectivity index (χ2n) is 5.56. The Morgan fingerprint density at radius 2 is 1.96 bits per heavy atom. The summed E-state index contributed by atoms with van der Waals surface area (Å²) in [7, 11) is -1.89. The Labute approximate surface area is 147 Å². The fourth-order valence-electron chi connectivity index (χ4n) is 2.61. The number of hydrogen-bond donors (Lipinski definition) is 1. The fraction of sp³-hybridized carbons (Fsp3) is 0.353. The maximum atomic E-state index is 12.6. The van der Waals surface area contributed by atoms with Crippen LogP contribution in [0.25, 0.3) is 0 Å². The molecule has 8 heteroatoms. The highest BCUT2D eigenvalue weighted by Gasteiger charge is 2.26. The van der Waals surface area contributed by atoms with Crippen molar-refractivity contribution in [2.45, 2.75) is 11.4 Å². The van der Waals surface area contributed by atoms with E-state index in [9.17, 15) is 8.42 Å². The van der Waals surface area contributed by atoms with E-state index in [4.69, 9.17) is 9.47 Å². The van der Waals surface area contributed by atoms with E-state index in [1.54, 1.807) is 19.2 Å². The molecule has 25 heavy (non-hydrogen) atoms. The van der Waals surface area contributed by atoms with Gasteiger partial charge in [-0.25, -0.2) is 13.4 Å². The minimum absolute atomic E-state index is 0.192. The molecule has 3 rings (SSSR count). The van der Waals surface area contributed by atoms with Gasteiger partial charge in [-0.05, 0) is 18.2 Å². The number of anilines is 1. The Bertz CT molecular complexity index is 803. The second-order valence-corrected chi connectivity index (χ2v) is 7.50. The van der Waals surface area contributed by atoms with Gasteiger partial charge in [0.05, 0.1) is 20.3 Å². The third-order valence-corrected chi connectivity index (χ3v) is 5.88. The number of rotatable bonds is 6. The van der Waals surface area contributed by atoms with Gasteiger partial charge in [0.1, 0.15) is 16.5 Å². The SMILES string of the molecule is COc1ccccc1CNc1ccc(S(=O)(=O)N2CCOCC2)cn1. The Hall–Kier alpha value is -2.16. The third-order valence-electron chi connectivity index (χ3n) is 4.00. The fourth-order valence-corrected chi connectivity index (χ4v) is 3.96. The van der Waals surface area contributed by atoms with Gasteiger partial charge in [-0.2, -0.15) is 4.31 Å². The van der Waals surface area contributed by atoms with E-state index in [0.717, 1.165) is 11.3 Å². The van der Waals surface area contributed by atoms with E-state index >= 15 is 0 Å². The summed E-state index contributed by atoms with van der Waals surface area (Å²) >= 11 is 0. The van der Waals surface area contributed by atoms with Crippen molar-refractivity contribution < 1.29 is 17.9 Å². The van der Waals surface area contributed by atoms with Crippen molar-refractivity contribution in [3.05, 3.63) is 48.2 Å². The monoisotopic (exact) mass is 363 g/mol. The second kappa shape index (κ2) is 7.81. The average Bonchev–Trinajstić information content (AvgIpc) is 2.67. The number of benzene rings is 1. The van der Waals surface area contributed by atoms with E-state index in [2.05, 4.69) is 10.3 Å². The van der Waals surface area contributed by atoms with Gasteiger partial charge >= 0.3 is 0 Å². The van der Waals surface area contributed by atoms with Crippen LogP contribution in [-0.2, 0) is 21.3 Å². The van der Waals surface area contributed by atoms with Crippen molar-refractivity contribution in [2.75, 3.05) is 38.7 Å². The molecule has 1 aromatic heterocycles. The Morgan fingerprint density at radius 3 is 2.64 bits per heavy atom. The third kappa shape index (κ3) is 4.09. The number of pyridine rings is 1. The molecule has 0 aliphatic carbocycles. The lowest BCUT2D eigenvalue weighted by Gasteiger charge is -2.25. The molecule has 0 amide bonds. The zero-order valence-electron chi connectivity index (χ0n) is 14.0. The van der Waals surface area contributed by atoms with Crippen LogP contribution in [0.4, 0.5) is 5.82 Å². The minimum Gasteiger partial charge on any atom is -0.496 e. The van der Waals surface area contributed by atoms with Gasteiger partial charge in [0, 0.05) is 31.4 Å². The highest BCUT2D eigenvalue weighted by Crippen LogP contribution is 2.20. The molecule has 0 radical (unpaired) electrons. The molecule has 1 aliphatic heterocycles. The molecule has 0 spiro atoms. The van der Waals surface area contributed by atoms with Gasteiger partial charge in [-0.15, -0.1) is 0 Å². The van der Waals surface area contributed by atoms with Gasteiger partial charge in [0.15, 0.2) is 0 Å². The summed E-state index contributed by atoms with van der Waals surface area (Å²) in [4.78, 5) is 4.41. The van der Waals surface area contributed by atoms with Crippen LogP contribution in [-0.4, -0.2) is 51.1 Å². The molecule has 1 saturated heterocycles. The highest BCUT2D eigenvalue weighted by molar-refractivity contribution is 7.89. The molecule has 1 aromatic carbocycles. The molecule has 1 N–H and O–H groups in total. The maximum absolute atomic E-state index is 12.6. The number of ether oxygens (including phenoxy) is 2. The molecule has 0 bridgehead atoms. The maximum Gasteiger partial charge on any atom is 0.244 e. The molecule has 134 valence electrons. The Kier molecular flexibility index (Phi) is 5.52. The van der Waals surface area contributed by atoms with Gasteiger partial charge in [-0.3, -0.25) is 0 Å². The van der Waals surface area contributed by atoms with Crippen LogP contribution in [0.1, 0.15) is 5.56 Å². The van der Waals surface area contributed by atoms with Gasteiger partial charge in [0.2, 0.25) is 10.0 Å². The Balaban J connectivity index is 1.68. The summed E-state index contributed by atoms with van der Waals surface area (Å²) in [6.07, 6.45) is 1.38. The Morgan fingerprint density at radius 1 is 1.20 bits per heavy atom. The van der Waals surface area contributed by atoms with Crippen molar-refractivity contribution >= 4 is 15.8 Å². The van der Waals surface area contributed by atoms with E-state index in [0.29, 0.717) is 38.7 Å². The smallest absolute Gasteiger partial charge is 0.244 e. The van der Waals surface area contributed by atoms with Crippen LogP contribution in [0.5, 0.6) is 5.75 Å². The first-order chi connectivity index (χ1) is 12.1. The van der Waals surface area contributed by atoms with E-state index < -0.39 is 10.0 Å². The van der Waals surface area contributed by atoms with Crippen LogP contribution < -0.4 is 10.1 Å². The summed E-state index contributed by atoms with van der Waals surface area (Å²) in [5, 5.41) is 3.17. The lowest BCUT2D eigenvalue weighted by molar-refractivity contribution is 0.0730. The van der Waals surface area contributed by atoms with Gasteiger partial charge in [0.25, 0.3) is 0 Å². The van der Waals surface area contributed by atoms with E-state index in [1.165, 1.54) is 10.5 Å². The summed E-state index contributed by atoms with van der Waals surface area (Å²) < 4.78 is 37.0. The predicted octanol–water partition coefficient (Wildman–Crippen LogP) is 1.72. The minimum atomic E-state index is -3.51. The molecule has 2 aromatic rings.